The van der Waals surface area contributed by atoms with E-state index in [0.29, 0.717) is 12.6 Å². The van der Waals surface area contributed by atoms with Crippen molar-refractivity contribution in [2.75, 3.05) is 7.11 Å². The van der Waals surface area contributed by atoms with Crippen LogP contribution in [-0.4, -0.2) is 18.1 Å². The molecule has 5 heteroatoms. The average Bonchev–Trinajstić information content (AvgIpc) is 3.19. The van der Waals surface area contributed by atoms with Gasteiger partial charge in [-0.05, 0) is 18.9 Å². The number of methoxy groups -OCH3 is 1. The number of benzene rings is 1. The van der Waals surface area contributed by atoms with Crippen molar-refractivity contribution in [2.45, 2.75) is 32.0 Å². The molecule has 3 rings (SSSR count). The molecule has 1 aromatic heterocycles. The Bertz CT molecular complexity index is 595. The Kier molecular flexibility index (Phi) is 4.51. The van der Waals surface area contributed by atoms with Crippen LogP contribution in [0.3, 0.4) is 0 Å². The summed E-state index contributed by atoms with van der Waals surface area (Å²) in [6, 6.07) is 8.91. The monoisotopic (exact) mass is 352 g/mol. The van der Waals surface area contributed by atoms with Gasteiger partial charge in [0.05, 0.1) is 12.3 Å². The third-order valence-electron chi connectivity index (χ3n) is 3.29. The zero-order valence-corrected chi connectivity index (χ0v) is 13.8. The normalized spacial score (nSPS) is 14.7. The summed E-state index contributed by atoms with van der Waals surface area (Å²) in [6.45, 7) is 1.47. The van der Waals surface area contributed by atoms with Crippen LogP contribution in [-0.2, 0) is 17.9 Å². The summed E-state index contributed by atoms with van der Waals surface area (Å²) in [5.74, 6) is 0. The van der Waals surface area contributed by atoms with Crippen LogP contribution in [0, 0.1) is 0 Å². The fraction of sp³-hybridized carbons (Fsp3) is 0.400. The van der Waals surface area contributed by atoms with Gasteiger partial charge in [-0.15, -0.1) is 11.3 Å². The van der Waals surface area contributed by atoms with Gasteiger partial charge < -0.3 is 10.1 Å². The minimum atomic E-state index is 0.572. The fourth-order valence-electron chi connectivity index (χ4n) is 2.05. The molecule has 0 aliphatic heterocycles. The molecule has 1 N–H and O–H groups in total. The van der Waals surface area contributed by atoms with E-state index in [1.54, 1.807) is 18.4 Å². The first-order valence-electron chi connectivity index (χ1n) is 6.73. The number of hydrogen-bond acceptors (Lipinski definition) is 4. The largest absolute Gasteiger partial charge is 0.378 e. The number of halogens is 1. The molecule has 0 radical (unpaired) electrons. The van der Waals surface area contributed by atoms with Crippen molar-refractivity contribution in [3.8, 4) is 10.6 Å². The molecule has 0 bridgehead atoms. The van der Waals surface area contributed by atoms with E-state index >= 15 is 0 Å². The van der Waals surface area contributed by atoms with E-state index in [0.717, 1.165) is 27.3 Å². The zero-order chi connectivity index (χ0) is 13.9. The Morgan fingerprint density at radius 3 is 2.90 bits per heavy atom. The zero-order valence-electron chi connectivity index (χ0n) is 11.4. The smallest absolute Gasteiger partial charge is 0.125 e. The molecule has 1 aromatic carbocycles. The Morgan fingerprint density at radius 2 is 2.20 bits per heavy atom. The maximum absolute atomic E-state index is 5.28. The molecule has 0 saturated heterocycles. The molecule has 1 heterocycles. The Balaban J connectivity index is 1.87. The first-order chi connectivity index (χ1) is 9.78. The highest BCUT2D eigenvalue weighted by atomic mass is 79.9. The molecule has 1 saturated carbocycles. The second-order valence-corrected chi connectivity index (χ2v) is 6.89. The molecule has 106 valence electrons. The van der Waals surface area contributed by atoms with Gasteiger partial charge in [0, 0.05) is 34.6 Å². The molecular formula is C15H17BrN2OS. The lowest BCUT2D eigenvalue weighted by atomic mass is 10.2. The van der Waals surface area contributed by atoms with E-state index in [1.807, 2.05) is 12.1 Å². The molecule has 0 spiro atoms. The summed E-state index contributed by atoms with van der Waals surface area (Å²) in [5, 5.41) is 4.61. The number of ether oxygens (including phenoxy) is 1. The second-order valence-electron chi connectivity index (χ2n) is 4.96. The highest BCUT2D eigenvalue weighted by Crippen LogP contribution is 2.33. The maximum atomic E-state index is 5.28. The van der Waals surface area contributed by atoms with Crippen molar-refractivity contribution >= 4 is 27.3 Å². The number of nitrogens with one attached hydrogen (secondary N) is 1. The summed E-state index contributed by atoms with van der Waals surface area (Å²) in [5.41, 5.74) is 2.20. The van der Waals surface area contributed by atoms with E-state index in [9.17, 15) is 0 Å². The van der Waals surface area contributed by atoms with Crippen LogP contribution in [0.15, 0.2) is 28.7 Å². The molecule has 3 nitrogen and oxygen atoms in total. The van der Waals surface area contributed by atoms with E-state index in [1.165, 1.54) is 17.7 Å². The van der Waals surface area contributed by atoms with Crippen LogP contribution in [0.25, 0.3) is 10.6 Å². The van der Waals surface area contributed by atoms with Crippen LogP contribution in [0.5, 0.6) is 0 Å². The van der Waals surface area contributed by atoms with E-state index < -0.39 is 0 Å². The summed E-state index contributed by atoms with van der Waals surface area (Å²) in [6.07, 6.45) is 2.60. The average molecular weight is 353 g/mol. The Hall–Kier alpha value is -0.750. The highest BCUT2D eigenvalue weighted by molar-refractivity contribution is 9.10. The molecule has 0 atom stereocenters. The van der Waals surface area contributed by atoms with Crippen molar-refractivity contribution in [1.82, 2.24) is 10.3 Å². The van der Waals surface area contributed by atoms with Gasteiger partial charge in [-0.25, -0.2) is 4.98 Å². The third kappa shape index (κ3) is 3.28. The van der Waals surface area contributed by atoms with E-state index in [-0.39, 0.29) is 0 Å². The van der Waals surface area contributed by atoms with Crippen LogP contribution >= 0.6 is 27.3 Å². The molecule has 0 amide bonds. The van der Waals surface area contributed by atoms with Gasteiger partial charge in [-0.3, -0.25) is 0 Å². The SMILES string of the molecule is COCc1nc(-c2ccccc2Br)sc1CNC1CC1. The lowest BCUT2D eigenvalue weighted by molar-refractivity contribution is 0.181. The van der Waals surface area contributed by atoms with Gasteiger partial charge in [0.1, 0.15) is 5.01 Å². The Labute approximate surface area is 131 Å². The Morgan fingerprint density at radius 1 is 1.40 bits per heavy atom. The first-order valence-corrected chi connectivity index (χ1v) is 8.34. The molecule has 20 heavy (non-hydrogen) atoms. The minimum Gasteiger partial charge on any atom is -0.378 e. The summed E-state index contributed by atoms with van der Waals surface area (Å²) in [7, 11) is 1.72. The number of hydrogen-bond donors (Lipinski definition) is 1. The number of thiazole rings is 1. The van der Waals surface area contributed by atoms with Crippen molar-refractivity contribution in [2.24, 2.45) is 0 Å². The minimum absolute atomic E-state index is 0.572. The highest BCUT2D eigenvalue weighted by Gasteiger charge is 2.22. The number of aromatic nitrogens is 1. The molecule has 1 aliphatic rings. The fourth-order valence-corrected chi connectivity index (χ4v) is 3.70. The predicted molar refractivity (Wildman–Crippen MR) is 85.8 cm³/mol. The van der Waals surface area contributed by atoms with Crippen molar-refractivity contribution < 1.29 is 4.74 Å². The van der Waals surface area contributed by atoms with Crippen LogP contribution < -0.4 is 5.32 Å². The third-order valence-corrected chi connectivity index (χ3v) is 5.11. The lowest BCUT2D eigenvalue weighted by Crippen LogP contribution is -2.15. The van der Waals surface area contributed by atoms with Crippen LogP contribution in [0.1, 0.15) is 23.4 Å². The molecule has 2 aromatic rings. The van der Waals surface area contributed by atoms with Gasteiger partial charge in [-0.2, -0.15) is 0 Å². The predicted octanol–water partition coefficient (Wildman–Crippen LogP) is 3.97. The maximum Gasteiger partial charge on any atom is 0.125 e. The van der Waals surface area contributed by atoms with Gasteiger partial charge in [0.15, 0.2) is 0 Å². The first kappa shape index (κ1) is 14.2. The summed E-state index contributed by atoms with van der Waals surface area (Å²) >= 11 is 5.35. The van der Waals surface area contributed by atoms with Crippen LogP contribution in [0.2, 0.25) is 0 Å². The van der Waals surface area contributed by atoms with Gasteiger partial charge in [-0.1, -0.05) is 34.1 Å². The van der Waals surface area contributed by atoms with Crippen molar-refractivity contribution in [1.29, 1.82) is 0 Å². The topological polar surface area (TPSA) is 34.1 Å². The van der Waals surface area contributed by atoms with E-state index in [4.69, 9.17) is 9.72 Å². The second kappa shape index (κ2) is 6.35. The van der Waals surface area contributed by atoms with Gasteiger partial charge in [0.2, 0.25) is 0 Å². The van der Waals surface area contributed by atoms with Gasteiger partial charge >= 0.3 is 0 Å². The van der Waals surface area contributed by atoms with Crippen molar-refractivity contribution in [3.05, 3.63) is 39.3 Å². The molecule has 0 unspecified atom stereocenters. The molecular weight excluding hydrogens is 336 g/mol. The number of rotatable bonds is 6. The lowest BCUT2D eigenvalue weighted by Gasteiger charge is -2.02. The molecule has 1 fully saturated rings. The quantitative estimate of drug-likeness (QED) is 0.853. The summed E-state index contributed by atoms with van der Waals surface area (Å²) < 4.78 is 6.36. The standard InChI is InChI=1S/C15H17BrN2OS/c1-19-9-13-14(8-17-10-6-7-10)20-15(18-13)11-4-2-3-5-12(11)16/h2-5,10,17H,6-9H2,1H3. The van der Waals surface area contributed by atoms with E-state index in [2.05, 4.69) is 33.4 Å². The summed E-state index contributed by atoms with van der Waals surface area (Å²) in [4.78, 5) is 6.03. The van der Waals surface area contributed by atoms with Gasteiger partial charge in [0.25, 0.3) is 0 Å². The van der Waals surface area contributed by atoms with Crippen molar-refractivity contribution in [3.63, 3.8) is 0 Å². The number of nitrogens with zero attached hydrogens (tertiary/aromatic N) is 1. The van der Waals surface area contributed by atoms with Crippen LogP contribution in [0.4, 0.5) is 0 Å². The molecule has 1 aliphatic carbocycles.